The summed E-state index contributed by atoms with van der Waals surface area (Å²) >= 11 is 0. The van der Waals surface area contributed by atoms with E-state index in [2.05, 4.69) is 0 Å². The maximum Gasteiger partial charge on any atom is 0.271 e. The van der Waals surface area contributed by atoms with Crippen molar-refractivity contribution in [3.05, 3.63) is 64.2 Å². The SMILES string of the molecule is C[C@H]1C[C@@H]2C(=O)N(c3cccc([N+](=O)[O-])c3)C(=O)[C@@H]2[C@@H]2C[C@@H](c3cccc(O)c3)O[C@]12O. The second kappa shape index (κ2) is 7.11. The Hall–Kier alpha value is -3.30. The van der Waals surface area contributed by atoms with Crippen LogP contribution >= 0.6 is 0 Å². The predicted molar refractivity (Wildman–Crippen MR) is 111 cm³/mol. The number of ether oxygens (including phenoxy) is 1. The van der Waals surface area contributed by atoms with Crippen molar-refractivity contribution in [1.29, 1.82) is 0 Å². The molecule has 2 saturated heterocycles. The van der Waals surface area contributed by atoms with Gasteiger partial charge in [0.25, 0.3) is 5.69 Å². The Bertz CT molecular complexity index is 1130. The van der Waals surface area contributed by atoms with Gasteiger partial charge in [0.15, 0.2) is 5.79 Å². The highest BCUT2D eigenvalue weighted by Gasteiger charge is 2.66. The average molecular weight is 438 g/mol. The molecule has 2 N–H and O–H groups in total. The number of rotatable bonds is 3. The summed E-state index contributed by atoms with van der Waals surface area (Å²) in [6.07, 6.45) is 0.0429. The molecule has 0 unspecified atom stereocenters. The maximum absolute atomic E-state index is 13.4. The maximum atomic E-state index is 13.4. The summed E-state index contributed by atoms with van der Waals surface area (Å²) < 4.78 is 6.06. The van der Waals surface area contributed by atoms with Crippen LogP contribution in [-0.4, -0.2) is 32.7 Å². The average Bonchev–Trinajstić information content (AvgIpc) is 3.23. The number of nitro benzene ring substituents is 1. The summed E-state index contributed by atoms with van der Waals surface area (Å²) in [6.45, 7) is 1.79. The van der Waals surface area contributed by atoms with E-state index in [-0.39, 0.29) is 23.5 Å². The van der Waals surface area contributed by atoms with Gasteiger partial charge >= 0.3 is 0 Å². The minimum absolute atomic E-state index is 0.0721. The first-order valence-corrected chi connectivity index (χ1v) is 10.5. The van der Waals surface area contributed by atoms with Gasteiger partial charge in [0.2, 0.25) is 11.8 Å². The molecule has 0 radical (unpaired) electrons. The van der Waals surface area contributed by atoms with Gasteiger partial charge in [-0.2, -0.15) is 0 Å². The molecule has 166 valence electrons. The number of amides is 2. The molecule has 3 fully saturated rings. The quantitative estimate of drug-likeness (QED) is 0.428. The first kappa shape index (κ1) is 20.6. The van der Waals surface area contributed by atoms with Crippen molar-refractivity contribution in [1.82, 2.24) is 0 Å². The molecule has 2 heterocycles. The molecule has 2 aromatic carbocycles. The first-order valence-electron chi connectivity index (χ1n) is 10.5. The minimum Gasteiger partial charge on any atom is -0.508 e. The zero-order valence-corrected chi connectivity index (χ0v) is 17.2. The Morgan fingerprint density at radius 1 is 1.12 bits per heavy atom. The third kappa shape index (κ3) is 2.92. The van der Waals surface area contributed by atoms with Gasteiger partial charge in [0.1, 0.15) is 5.75 Å². The van der Waals surface area contributed by atoms with Crippen LogP contribution in [0.1, 0.15) is 31.4 Å². The summed E-state index contributed by atoms with van der Waals surface area (Å²) in [5.41, 5.74) is 0.628. The molecule has 9 heteroatoms. The van der Waals surface area contributed by atoms with Crippen LogP contribution in [0.5, 0.6) is 5.75 Å². The highest BCUT2D eigenvalue weighted by atomic mass is 16.6. The topological polar surface area (TPSA) is 130 Å². The Morgan fingerprint density at radius 3 is 2.59 bits per heavy atom. The summed E-state index contributed by atoms with van der Waals surface area (Å²) in [5, 5.41) is 32.4. The number of hydrogen-bond donors (Lipinski definition) is 2. The fraction of sp³-hybridized carbons (Fsp3) is 0.391. The van der Waals surface area contributed by atoms with Gasteiger partial charge < -0.3 is 14.9 Å². The largest absolute Gasteiger partial charge is 0.508 e. The molecular weight excluding hydrogens is 416 g/mol. The van der Waals surface area contributed by atoms with Crippen LogP contribution in [0.3, 0.4) is 0 Å². The zero-order valence-electron chi connectivity index (χ0n) is 17.2. The summed E-state index contributed by atoms with van der Waals surface area (Å²) in [7, 11) is 0. The Morgan fingerprint density at radius 2 is 1.88 bits per heavy atom. The zero-order chi connectivity index (χ0) is 22.8. The standard InChI is InChI=1S/C23H22N2O7/c1-12-8-17-20(18-11-19(32-23(12,18)29)13-4-2-7-16(26)9-13)22(28)24(21(17)27)14-5-3-6-15(10-14)25(30)31/h2-7,9-10,12,17-20,26,29H,8,11H2,1H3/t12-,17-,18-,19-,20-,23+/m0/s1. The van der Waals surface area contributed by atoms with E-state index in [0.717, 1.165) is 4.90 Å². The van der Waals surface area contributed by atoms with Crippen LogP contribution in [0, 0.1) is 33.8 Å². The molecule has 3 aliphatic rings. The van der Waals surface area contributed by atoms with Gasteiger partial charge in [0, 0.05) is 24.0 Å². The van der Waals surface area contributed by atoms with E-state index < -0.39 is 52.3 Å². The molecule has 0 spiro atoms. The molecule has 1 aliphatic carbocycles. The monoisotopic (exact) mass is 438 g/mol. The van der Waals surface area contributed by atoms with E-state index in [9.17, 15) is 29.9 Å². The third-order valence-electron chi connectivity index (χ3n) is 7.09. The van der Waals surface area contributed by atoms with E-state index in [1.807, 2.05) is 0 Å². The number of benzene rings is 2. The van der Waals surface area contributed by atoms with Gasteiger partial charge in [0.05, 0.1) is 28.6 Å². The third-order valence-corrected chi connectivity index (χ3v) is 7.09. The van der Waals surface area contributed by atoms with Crippen LogP contribution in [-0.2, 0) is 14.3 Å². The second-order valence-corrected chi connectivity index (χ2v) is 8.85. The number of carbonyl (C=O) groups excluding carboxylic acids is 2. The number of carbonyl (C=O) groups is 2. The van der Waals surface area contributed by atoms with Crippen molar-refractivity contribution in [2.75, 3.05) is 4.90 Å². The lowest BCUT2D eigenvalue weighted by molar-refractivity contribution is -0.384. The van der Waals surface area contributed by atoms with E-state index in [1.54, 1.807) is 25.1 Å². The fourth-order valence-electron chi connectivity index (χ4n) is 5.58. The number of imide groups is 1. The van der Waals surface area contributed by atoms with Crippen LogP contribution in [0.4, 0.5) is 11.4 Å². The highest BCUT2D eigenvalue weighted by Crippen LogP contribution is 2.58. The van der Waals surface area contributed by atoms with Gasteiger partial charge in [-0.1, -0.05) is 25.1 Å². The summed E-state index contributed by atoms with van der Waals surface area (Å²) in [4.78, 5) is 38.3. The lowest BCUT2D eigenvalue weighted by Gasteiger charge is -2.43. The number of nitro groups is 1. The summed E-state index contributed by atoms with van der Waals surface area (Å²) in [5.74, 6) is -4.85. The van der Waals surface area contributed by atoms with Gasteiger partial charge in [-0.3, -0.25) is 19.7 Å². The number of aromatic hydroxyl groups is 1. The molecule has 32 heavy (non-hydrogen) atoms. The van der Waals surface area contributed by atoms with E-state index >= 15 is 0 Å². The van der Waals surface area contributed by atoms with E-state index in [1.165, 1.54) is 30.3 Å². The fourth-order valence-corrected chi connectivity index (χ4v) is 5.58. The van der Waals surface area contributed by atoms with Crippen molar-refractivity contribution in [3.8, 4) is 5.75 Å². The lowest BCUT2D eigenvalue weighted by Crippen LogP contribution is -2.52. The molecule has 2 aliphatic heterocycles. The van der Waals surface area contributed by atoms with Crippen LogP contribution in [0.2, 0.25) is 0 Å². The number of anilines is 1. The normalized spacial score (nSPS) is 33.8. The number of aliphatic hydroxyl groups is 1. The number of non-ortho nitro benzene ring substituents is 1. The highest BCUT2D eigenvalue weighted by molar-refractivity contribution is 6.22. The smallest absolute Gasteiger partial charge is 0.271 e. The van der Waals surface area contributed by atoms with E-state index in [0.29, 0.717) is 12.0 Å². The van der Waals surface area contributed by atoms with Crippen molar-refractivity contribution in [2.45, 2.75) is 31.7 Å². The minimum atomic E-state index is -1.59. The predicted octanol–water partition coefficient (Wildman–Crippen LogP) is 2.91. The van der Waals surface area contributed by atoms with Gasteiger partial charge in [-0.05, 0) is 36.6 Å². The molecular formula is C23H22N2O7. The number of nitrogens with zero attached hydrogens (tertiary/aromatic N) is 2. The molecule has 0 bridgehead atoms. The molecule has 6 atom stereocenters. The molecule has 2 amide bonds. The molecule has 1 saturated carbocycles. The summed E-state index contributed by atoms with van der Waals surface area (Å²) in [6, 6.07) is 12.0. The second-order valence-electron chi connectivity index (χ2n) is 8.85. The van der Waals surface area contributed by atoms with Crippen molar-refractivity contribution >= 4 is 23.2 Å². The Balaban J connectivity index is 1.51. The Kier molecular flexibility index (Phi) is 4.58. The number of fused-ring (bicyclic) bond motifs is 3. The lowest BCUT2D eigenvalue weighted by atomic mass is 9.65. The molecule has 2 aromatic rings. The number of phenols is 1. The van der Waals surface area contributed by atoms with Crippen molar-refractivity contribution in [2.24, 2.45) is 23.7 Å². The van der Waals surface area contributed by atoms with Gasteiger partial charge in [-0.15, -0.1) is 0 Å². The number of hydrogen-bond acceptors (Lipinski definition) is 7. The molecule has 0 aromatic heterocycles. The Labute approximate surface area is 183 Å². The van der Waals surface area contributed by atoms with Crippen LogP contribution in [0.25, 0.3) is 0 Å². The van der Waals surface area contributed by atoms with Crippen molar-refractivity contribution < 1.29 is 29.5 Å². The van der Waals surface area contributed by atoms with E-state index in [4.69, 9.17) is 4.74 Å². The first-order chi connectivity index (χ1) is 15.2. The molecule has 5 rings (SSSR count). The van der Waals surface area contributed by atoms with Crippen molar-refractivity contribution in [3.63, 3.8) is 0 Å². The van der Waals surface area contributed by atoms with Gasteiger partial charge in [-0.25, -0.2) is 4.90 Å². The molecule has 9 nitrogen and oxygen atoms in total. The van der Waals surface area contributed by atoms with Crippen LogP contribution < -0.4 is 4.90 Å². The number of phenolic OH excluding ortho intramolecular Hbond substituents is 1. The van der Waals surface area contributed by atoms with Crippen LogP contribution in [0.15, 0.2) is 48.5 Å².